The van der Waals surface area contributed by atoms with Gasteiger partial charge in [-0.2, -0.15) is 0 Å². The molecule has 0 saturated heterocycles. The SMILES string of the molecule is COc1ccccc1C(=O)COC(=O)CN(c1ccccc1C)S(C)(=O)=O. The number of para-hydroxylation sites is 2. The molecule has 0 spiro atoms. The van der Waals surface area contributed by atoms with Gasteiger partial charge in [-0.1, -0.05) is 30.3 Å². The molecule has 0 amide bonds. The zero-order valence-electron chi connectivity index (χ0n) is 15.3. The van der Waals surface area contributed by atoms with Crippen LogP contribution in [0.4, 0.5) is 5.69 Å². The first kappa shape index (κ1) is 20.4. The molecular formula is C19H21NO6S. The van der Waals surface area contributed by atoms with E-state index in [1.165, 1.54) is 7.11 Å². The number of nitrogens with zero attached hydrogens (tertiary/aromatic N) is 1. The number of hydrogen-bond donors (Lipinski definition) is 0. The standard InChI is InChI=1S/C19H21NO6S/c1-14-8-4-6-10-16(14)20(27(3,23)24)12-19(22)26-13-17(21)15-9-5-7-11-18(15)25-2/h4-11H,12-13H2,1-3H3. The lowest BCUT2D eigenvalue weighted by Crippen LogP contribution is -2.36. The van der Waals surface area contributed by atoms with Crippen molar-refractivity contribution in [1.29, 1.82) is 0 Å². The fourth-order valence-corrected chi connectivity index (χ4v) is 3.39. The molecule has 2 aromatic rings. The first-order chi connectivity index (χ1) is 12.7. The highest BCUT2D eigenvalue weighted by molar-refractivity contribution is 7.92. The van der Waals surface area contributed by atoms with Crippen LogP contribution in [0.3, 0.4) is 0 Å². The molecule has 0 aliphatic carbocycles. The highest BCUT2D eigenvalue weighted by Crippen LogP contribution is 2.22. The molecule has 0 radical (unpaired) electrons. The normalized spacial score (nSPS) is 10.9. The Morgan fingerprint density at radius 2 is 1.67 bits per heavy atom. The van der Waals surface area contributed by atoms with Gasteiger partial charge in [-0.15, -0.1) is 0 Å². The Balaban J connectivity index is 2.09. The van der Waals surface area contributed by atoms with Gasteiger partial charge in [-0.3, -0.25) is 13.9 Å². The quantitative estimate of drug-likeness (QED) is 0.506. The molecule has 7 nitrogen and oxygen atoms in total. The fourth-order valence-electron chi connectivity index (χ4n) is 2.49. The molecule has 0 saturated carbocycles. The Hall–Kier alpha value is -2.87. The first-order valence-electron chi connectivity index (χ1n) is 8.09. The Morgan fingerprint density at radius 3 is 2.30 bits per heavy atom. The smallest absolute Gasteiger partial charge is 0.327 e. The van der Waals surface area contributed by atoms with Gasteiger partial charge in [0.1, 0.15) is 12.3 Å². The molecule has 0 aliphatic heterocycles. The predicted octanol–water partition coefficient (Wildman–Crippen LogP) is 2.20. The number of ketones is 1. The van der Waals surface area contributed by atoms with E-state index in [0.29, 0.717) is 17.0 Å². The van der Waals surface area contributed by atoms with E-state index in [1.807, 2.05) is 0 Å². The van der Waals surface area contributed by atoms with Gasteiger partial charge in [0.2, 0.25) is 15.8 Å². The van der Waals surface area contributed by atoms with E-state index in [9.17, 15) is 18.0 Å². The lowest BCUT2D eigenvalue weighted by Gasteiger charge is -2.23. The molecule has 0 heterocycles. The van der Waals surface area contributed by atoms with E-state index in [1.54, 1.807) is 55.5 Å². The van der Waals surface area contributed by atoms with Crippen molar-refractivity contribution in [2.75, 3.05) is 30.8 Å². The van der Waals surface area contributed by atoms with E-state index in [-0.39, 0.29) is 5.56 Å². The van der Waals surface area contributed by atoms with Crippen molar-refractivity contribution >= 4 is 27.5 Å². The average Bonchev–Trinajstić information content (AvgIpc) is 2.64. The molecular weight excluding hydrogens is 370 g/mol. The van der Waals surface area contributed by atoms with Crippen LogP contribution in [0, 0.1) is 6.92 Å². The number of sulfonamides is 1. The molecule has 2 aromatic carbocycles. The third-order valence-corrected chi connectivity index (χ3v) is 4.96. The third kappa shape index (κ3) is 5.30. The van der Waals surface area contributed by atoms with Crippen LogP contribution < -0.4 is 9.04 Å². The number of anilines is 1. The molecule has 8 heteroatoms. The number of carbonyl (C=O) groups excluding carboxylic acids is 2. The van der Waals surface area contributed by atoms with Crippen molar-refractivity contribution in [1.82, 2.24) is 0 Å². The van der Waals surface area contributed by atoms with Gasteiger partial charge in [-0.05, 0) is 30.7 Å². The van der Waals surface area contributed by atoms with Crippen LogP contribution in [-0.4, -0.2) is 46.7 Å². The number of aryl methyl sites for hydroxylation is 1. The van der Waals surface area contributed by atoms with E-state index in [2.05, 4.69) is 0 Å². The number of methoxy groups -OCH3 is 1. The lowest BCUT2D eigenvalue weighted by atomic mass is 10.1. The van der Waals surface area contributed by atoms with E-state index in [0.717, 1.165) is 10.6 Å². The number of benzene rings is 2. The Morgan fingerprint density at radius 1 is 1.04 bits per heavy atom. The lowest BCUT2D eigenvalue weighted by molar-refractivity contribution is -0.140. The van der Waals surface area contributed by atoms with Crippen LogP contribution in [-0.2, 0) is 19.6 Å². The summed E-state index contributed by atoms with van der Waals surface area (Å²) in [5.74, 6) is -0.897. The number of esters is 1. The second-order valence-corrected chi connectivity index (χ2v) is 7.75. The minimum absolute atomic E-state index is 0.284. The highest BCUT2D eigenvalue weighted by Gasteiger charge is 2.23. The van der Waals surface area contributed by atoms with Gasteiger partial charge < -0.3 is 9.47 Å². The third-order valence-electron chi connectivity index (χ3n) is 3.83. The number of rotatable bonds is 8. The molecule has 0 aliphatic rings. The maximum atomic E-state index is 12.2. The van der Waals surface area contributed by atoms with Crippen LogP contribution in [0.15, 0.2) is 48.5 Å². The molecule has 2 rings (SSSR count). The van der Waals surface area contributed by atoms with Crippen molar-refractivity contribution in [3.63, 3.8) is 0 Å². The van der Waals surface area contributed by atoms with Gasteiger partial charge in [-0.25, -0.2) is 8.42 Å². The molecule has 0 fully saturated rings. The molecule has 0 N–H and O–H groups in total. The summed E-state index contributed by atoms with van der Waals surface area (Å²) in [5.41, 5.74) is 1.36. The van der Waals surface area contributed by atoms with Gasteiger partial charge >= 0.3 is 5.97 Å². The number of Topliss-reactive ketones (excluding diaryl/α,β-unsaturated/α-hetero) is 1. The Labute approximate surface area is 158 Å². The minimum atomic E-state index is -3.71. The van der Waals surface area contributed by atoms with Crippen molar-refractivity contribution < 1.29 is 27.5 Å². The van der Waals surface area contributed by atoms with Gasteiger partial charge in [0.25, 0.3) is 0 Å². The summed E-state index contributed by atoms with van der Waals surface area (Å²) in [6, 6.07) is 13.4. The zero-order valence-corrected chi connectivity index (χ0v) is 16.2. The predicted molar refractivity (Wildman–Crippen MR) is 102 cm³/mol. The van der Waals surface area contributed by atoms with Crippen LogP contribution in [0.5, 0.6) is 5.75 Å². The molecule has 27 heavy (non-hydrogen) atoms. The number of hydrogen-bond acceptors (Lipinski definition) is 6. The number of carbonyl (C=O) groups is 2. The monoisotopic (exact) mass is 391 g/mol. The van der Waals surface area contributed by atoms with Crippen molar-refractivity contribution in [2.45, 2.75) is 6.92 Å². The summed E-state index contributed by atoms with van der Waals surface area (Å²) in [6.07, 6.45) is 1.01. The van der Waals surface area contributed by atoms with Crippen LogP contribution >= 0.6 is 0 Å². The minimum Gasteiger partial charge on any atom is -0.496 e. The second-order valence-electron chi connectivity index (χ2n) is 5.84. The van der Waals surface area contributed by atoms with Crippen molar-refractivity contribution in [3.05, 3.63) is 59.7 Å². The first-order valence-corrected chi connectivity index (χ1v) is 9.94. The summed E-state index contributed by atoms with van der Waals surface area (Å²) in [5, 5.41) is 0. The number of ether oxygens (including phenoxy) is 2. The Bertz CT molecular complexity index is 939. The van der Waals surface area contributed by atoms with Gasteiger partial charge in [0, 0.05) is 0 Å². The summed E-state index contributed by atoms with van der Waals surface area (Å²) in [4.78, 5) is 24.4. The largest absolute Gasteiger partial charge is 0.496 e. The zero-order chi connectivity index (χ0) is 20.0. The highest BCUT2D eigenvalue weighted by atomic mass is 32.2. The summed E-state index contributed by atoms with van der Waals surface area (Å²) < 4.78 is 35.3. The Kier molecular flexibility index (Phi) is 6.57. The van der Waals surface area contributed by atoms with Gasteiger partial charge in [0.05, 0.1) is 24.6 Å². The molecule has 0 unspecified atom stereocenters. The van der Waals surface area contributed by atoms with Crippen molar-refractivity contribution in [2.24, 2.45) is 0 Å². The maximum absolute atomic E-state index is 12.2. The van der Waals surface area contributed by atoms with Crippen LogP contribution in [0.2, 0.25) is 0 Å². The van der Waals surface area contributed by atoms with Gasteiger partial charge in [0.15, 0.2) is 6.61 Å². The second kappa shape index (κ2) is 8.68. The molecule has 0 aromatic heterocycles. The van der Waals surface area contributed by atoms with Crippen LogP contribution in [0.25, 0.3) is 0 Å². The summed E-state index contributed by atoms with van der Waals surface area (Å²) in [7, 11) is -2.27. The summed E-state index contributed by atoms with van der Waals surface area (Å²) in [6.45, 7) is 0.706. The molecule has 144 valence electrons. The van der Waals surface area contributed by atoms with E-state index < -0.39 is 34.9 Å². The summed E-state index contributed by atoms with van der Waals surface area (Å²) >= 11 is 0. The van der Waals surface area contributed by atoms with E-state index in [4.69, 9.17) is 9.47 Å². The average molecular weight is 391 g/mol. The molecule has 0 bridgehead atoms. The van der Waals surface area contributed by atoms with E-state index >= 15 is 0 Å². The fraction of sp³-hybridized carbons (Fsp3) is 0.263. The van der Waals surface area contributed by atoms with Crippen LogP contribution in [0.1, 0.15) is 15.9 Å². The van der Waals surface area contributed by atoms with Crippen molar-refractivity contribution in [3.8, 4) is 5.75 Å². The topological polar surface area (TPSA) is 90.0 Å². The maximum Gasteiger partial charge on any atom is 0.327 e. The molecule has 0 atom stereocenters.